The van der Waals surface area contributed by atoms with Crippen molar-refractivity contribution < 1.29 is 4.39 Å². The lowest BCUT2D eigenvalue weighted by Gasteiger charge is -2.04. The lowest BCUT2D eigenvalue weighted by Crippen LogP contribution is -2.15. The molecule has 0 aliphatic rings. The van der Waals surface area contributed by atoms with Crippen LogP contribution >= 0.6 is 11.9 Å². The second kappa shape index (κ2) is 7.03. The zero-order valence-corrected chi connectivity index (χ0v) is 9.80. The van der Waals surface area contributed by atoms with Crippen LogP contribution < -0.4 is 10.5 Å². The summed E-state index contributed by atoms with van der Waals surface area (Å²) in [6, 6.07) is 6.23. The van der Waals surface area contributed by atoms with E-state index in [1.807, 2.05) is 19.1 Å². The molecule has 3 nitrogen and oxygen atoms in total. The Labute approximate surface area is 98.8 Å². The summed E-state index contributed by atoms with van der Waals surface area (Å²) in [6.07, 6.45) is 3.69. The van der Waals surface area contributed by atoms with Crippen molar-refractivity contribution in [2.24, 2.45) is 10.7 Å². The molecule has 0 radical (unpaired) electrons. The Morgan fingerprint density at radius 2 is 2.19 bits per heavy atom. The fourth-order valence-corrected chi connectivity index (χ4v) is 1.62. The van der Waals surface area contributed by atoms with Crippen LogP contribution in [0.3, 0.4) is 0 Å². The van der Waals surface area contributed by atoms with Crippen molar-refractivity contribution in [3.63, 3.8) is 0 Å². The molecule has 0 heterocycles. The van der Waals surface area contributed by atoms with E-state index in [0.29, 0.717) is 5.84 Å². The van der Waals surface area contributed by atoms with Crippen LogP contribution in [0.5, 0.6) is 0 Å². The van der Waals surface area contributed by atoms with E-state index in [2.05, 4.69) is 9.71 Å². The van der Waals surface area contributed by atoms with Crippen LogP contribution in [0.25, 0.3) is 0 Å². The predicted molar refractivity (Wildman–Crippen MR) is 66.7 cm³/mol. The summed E-state index contributed by atoms with van der Waals surface area (Å²) >= 11 is 1.36. The van der Waals surface area contributed by atoms with Gasteiger partial charge >= 0.3 is 0 Å². The van der Waals surface area contributed by atoms with E-state index in [4.69, 9.17) is 5.73 Å². The molecule has 1 aromatic rings. The van der Waals surface area contributed by atoms with Gasteiger partial charge in [0.05, 0.1) is 6.67 Å². The first kappa shape index (κ1) is 12.7. The monoisotopic (exact) mass is 239 g/mol. The molecule has 0 amide bonds. The van der Waals surface area contributed by atoms with Crippen LogP contribution in [0.2, 0.25) is 0 Å². The van der Waals surface area contributed by atoms with Gasteiger partial charge in [0.25, 0.3) is 0 Å². The highest BCUT2D eigenvalue weighted by Gasteiger charge is 1.96. The van der Waals surface area contributed by atoms with Gasteiger partial charge in [-0.2, -0.15) is 0 Å². The zero-order valence-electron chi connectivity index (χ0n) is 8.98. The number of aliphatic imine (C=N–C) groups is 1. The molecule has 5 heteroatoms. The van der Waals surface area contributed by atoms with Gasteiger partial charge in [0.15, 0.2) is 0 Å². The van der Waals surface area contributed by atoms with Gasteiger partial charge in [-0.25, -0.2) is 4.39 Å². The van der Waals surface area contributed by atoms with E-state index >= 15 is 0 Å². The fraction of sp³-hybridized carbons (Fsp3) is 0.182. The third kappa shape index (κ3) is 4.46. The van der Waals surface area contributed by atoms with Crippen molar-refractivity contribution in [1.29, 1.82) is 0 Å². The minimum Gasteiger partial charge on any atom is -0.312 e. The summed E-state index contributed by atoms with van der Waals surface area (Å²) in [4.78, 5) is 4.96. The molecular weight excluding hydrogens is 225 g/mol. The van der Waals surface area contributed by atoms with Gasteiger partial charge in [-0.3, -0.25) is 4.99 Å². The number of halogens is 1. The van der Waals surface area contributed by atoms with Crippen LogP contribution in [-0.2, 0) is 0 Å². The van der Waals surface area contributed by atoms with Crippen molar-refractivity contribution in [2.75, 3.05) is 6.67 Å². The van der Waals surface area contributed by atoms with Gasteiger partial charge in [0, 0.05) is 4.90 Å². The maximum atomic E-state index is 12.6. The highest BCUT2D eigenvalue weighted by Crippen LogP contribution is 2.14. The van der Waals surface area contributed by atoms with Crippen LogP contribution in [0.15, 0.2) is 46.3 Å². The van der Waals surface area contributed by atoms with Crippen LogP contribution in [-0.4, -0.2) is 12.5 Å². The van der Waals surface area contributed by atoms with Crippen molar-refractivity contribution >= 4 is 17.8 Å². The Hall–Kier alpha value is -1.33. The van der Waals surface area contributed by atoms with Crippen LogP contribution in [0.1, 0.15) is 6.92 Å². The molecule has 16 heavy (non-hydrogen) atoms. The number of hydrogen-bond donors (Lipinski definition) is 2. The van der Waals surface area contributed by atoms with E-state index in [-0.39, 0.29) is 12.5 Å². The quantitative estimate of drug-likeness (QED) is 0.481. The molecule has 0 saturated carbocycles. The first-order valence-electron chi connectivity index (χ1n) is 4.82. The van der Waals surface area contributed by atoms with Gasteiger partial charge in [0.1, 0.15) is 11.7 Å². The Kier molecular flexibility index (Phi) is 5.60. The second-order valence-corrected chi connectivity index (χ2v) is 3.76. The number of allylic oxidation sites excluding steroid dienone is 1. The number of nitrogens with two attached hydrogens (primary N) is 1. The van der Waals surface area contributed by atoms with Gasteiger partial charge < -0.3 is 10.5 Å². The Morgan fingerprint density at radius 3 is 2.75 bits per heavy atom. The fourth-order valence-electron chi connectivity index (χ4n) is 0.989. The predicted octanol–water partition coefficient (Wildman–Crippen LogP) is 2.31. The molecule has 1 aromatic carbocycles. The Bertz CT molecular complexity index is 373. The molecule has 0 aromatic heterocycles. The van der Waals surface area contributed by atoms with Gasteiger partial charge in [0.2, 0.25) is 0 Å². The zero-order chi connectivity index (χ0) is 11.8. The lowest BCUT2D eigenvalue weighted by molar-refractivity contribution is 0.626. The van der Waals surface area contributed by atoms with E-state index in [1.54, 1.807) is 12.1 Å². The summed E-state index contributed by atoms with van der Waals surface area (Å²) in [5.41, 5.74) is 5.33. The molecule has 0 spiro atoms. The first-order chi connectivity index (χ1) is 7.76. The molecule has 3 N–H and O–H groups in total. The second-order valence-electron chi connectivity index (χ2n) is 2.88. The number of hydrogen-bond acceptors (Lipinski definition) is 3. The third-order valence-electron chi connectivity index (χ3n) is 1.67. The molecule has 0 unspecified atom stereocenters. The first-order valence-corrected chi connectivity index (χ1v) is 5.63. The molecule has 0 aliphatic heterocycles. The summed E-state index contributed by atoms with van der Waals surface area (Å²) in [7, 11) is 0. The summed E-state index contributed by atoms with van der Waals surface area (Å²) < 4.78 is 15.7. The lowest BCUT2D eigenvalue weighted by atomic mass is 10.4. The Morgan fingerprint density at radius 1 is 1.50 bits per heavy atom. The third-order valence-corrected chi connectivity index (χ3v) is 2.49. The number of nitrogens with one attached hydrogen (secondary N) is 1. The van der Waals surface area contributed by atoms with E-state index in [1.165, 1.54) is 24.1 Å². The van der Waals surface area contributed by atoms with E-state index < -0.39 is 0 Å². The number of rotatable bonds is 4. The molecule has 86 valence electrons. The molecule has 1 rings (SSSR count). The van der Waals surface area contributed by atoms with Crippen LogP contribution in [0.4, 0.5) is 4.39 Å². The topological polar surface area (TPSA) is 50.4 Å². The highest BCUT2D eigenvalue weighted by atomic mass is 32.2. The van der Waals surface area contributed by atoms with Crippen molar-refractivity contribution in [2.45, 2.75) is 11.8 Å². The average Bonchev–Trinajstić information content (AvgIpc) is 2.29. The molecule has 0 atom stereocenters. The molecule has 0 saturated heterocycles. The van der Waals surface area contributed by atoms with Crippen molar-refractivity contribution in [3.8, 4) is 0 Å². The summed E-state index contributed by atoms with van der Waals surface area (Å²) in [5.74, 6) is 0.452. The van der Waals surface area contributed by atoms with Gasteiger partial charge in [-0.15, -0.1) is 0 Å². The molecule has 0 aliphatic carbocycles. The average molecular weight is 239 g/mol. The normalized spacial score (nSPS) is 12.1. The van der Waals surface area contributed by atoms with Crippen molar-refractivity contribution in [3.05, 3.63) is 42.2 Å². The van der Waals surface area contributed by atoms with E-state index in [9.17, 15) is 4.39 Å². The van der Waals surface area contributed by atoms with Crippen LogP contribution in [0, 0.1) is 5.82 Å². The van der Waals surface area contributed by atoms with Gasteiger partial charge in [-0.1, -0.05) is 6.08 Å². The molecular formula is C11H14FN3S. The molecule has 0 bridgehead atoms. The number of benzene rings is 1. The Balaban J connectivity index is 2.55. The largest absolute Gasteiger partial charge is 0.312 e. The molecule has 0 fully saturated rings. The SMILES string of the molecule is C/C=C\C(=N/CN)NSc1ccc(F)cc1. The highest BCUT2D eigenvalue weighted by molar-refractivity contribution is 7.98. The summed E-state index contributed by atoms with van der Waals surface area (Å²) in [6.45, 7) is 2.13. The van der Waals surface area contributed by atoms with Crippen molar-refractivity contribution in [1.82, 2.24) is 4.72 Å². The maximum Gasteiger partial charge on any atom is 0.132 e. The maximum absolute atomic E-state index is 12.6. The van der Waals surface area contributed by atoms with E-state index in [0.717, 1.165) is 4.90 Å². The number of nitrogens with zero attached hydrogens (tertiary/aromatic N) is 1. The number of amidine groups is 1. The van der Waals surface area contributed by atoms with Gasteiger partial charge in [-0.05, 0) is 49.2 Å². The smallest absolute Gasteiger partial charge is 0.132 e. The standard InChI is InChI=1S/C11H14FN3S/c1-2-3-11(14-8-13)15-16-10-6-4-9(12)5-7-10/h2-7H,8,13H2,1H3,(H,14,15)/b3-2-. The minimum atomic E-state index is -0.242. The summed E-state index contributed by atoms with van der Waals surface area (Å²) in [5, 5.41) is 0. The minimum absolute atomic E-state index is 0.233.